The number of fused-ring (bicyclic) bond motifs is 2. The molecule has 3 rings (SSSR count). The zero-order valence-corrected chi connectivity index (χ0v) is 11.9. The first kappa shape index (κ1) is 12.9. The number of nitrogens with one attached hydrogen (secondary N) is 1. The summed E-state index contributed by atoms with van der Waals surface area (Å²) in [5.41, 5.74) is 2.35. The Bertz CT molecular complexity index is 739. The number of aromatic nitrogens is 1. The topological polar surface area (TPSA) is 28.8 Å². The number of hydrogen-bond acceptors (Lipinski definition) is 1. The van der Waals surface area contributed by atoms with Crippen molar-refractivity contribution in [3.8, 4) is 0 Å². The largest absolute Gasteiger partial charge is 0.340 e. The summed E-state index contributed by atoms with van der Waals surface area (Å²) in [5, 5.41) is 11.2. The van der Waals surface area contributed by atoms with Gasteiger partial charge in [-0.15, -0.1) is 0 Å². The van der Waals surface area contributed by atoms with Crippen LogP contribution in [0.2, 0.25) is 0 Å². The van der Waals surface area contributed by atoms with Crippen molar-refractivity contribution >= 4 is 21.8 Å². The molecular formula is C18H20N2. The minimum absolute atomic E-state index is 0.642. The van der Waals surface area contributed by atoms with E-state index in [0.717, 1.165) is 17.3 Å². The van der Waals surface area contributed by atoms with E-state index in [4.69, 9.17) is 5.41 Å². The van der Waals surface area contributed by atoms with E-state index in [2.05, 4.69) is 47.9 Å². The third kappa shape index (κ3) is 2.11. The summed E-state index contributed by atoms with van der Waals surface area (Å²) in [6.45, 7) is 3.25. The van der Waals surface area contributed by atoms with Crippen molar-refractivity contribution in [2.24, 2.45) is 0 Å². The van der Waals surface area contributed by atoms with Crippen molar-refractivity contribution in [2.45, 2.75) is 32.7 Å². The average molecular weight is 264 g/mol. The highest BCUT2D eigenvalue weighted by molar-refractivity contribution is 5.92. The number of pyridine rings is 1. The van der Waals surface area contributed by atoms with Crippen LogP contribution in [0, 0.1) is 5.41 Å². The van der Waals surface area contributed by atoms with Crippen LogP contribution in [0.15, 0.2) is 48.5 Å². The molecule has 102 valence electrons. The Morgan fingerprint density at radius 3 is 1.95 bits per heavy atom. The number of aryl methyl sites for hydroxylation is 1. The molecule has 2 heteroatoms. The van der Waals surface area contributed by atoms with Crippen molar-refractivity contribution in [1.82, 2.24) is 4.57 Å². The summed E-state index contributed by atoms with van der Waals surface area (Å²) in [6, 6.07) is 16.5. The lowest BCUT2D eigenvalue weighted by atomic mass is 10.1. The Hall–Kier alpha value is -2.09. The van der Waals surface area contributed by atoms with Gasteiger partial charge in [-0.05, 0) is 18.6 Å². The van der Waals surface area contributed by atoms with Crippen LogP contribution in [0.1, 0.15) is 26.2 Å². The van der Waals surface area contributed by atoms with E-state index in [1.807, 2.05) is 12.1 Å². The van der Waals surface area contributed by atoms with Crippen LogP contribution in [0.3, 0.4) is 0 Å². The van der Waals surface area contributed by atoms with E-state index in [1.54, 1.807) is 0 Å². The minimum atomic E-state index is 0.642. The molecule has 0 atom stereocenters. The first-order valence-corrected chi connectivity index (χ1v) is 7.38. The van der Waals surface area contributed by atoms with Crippen molar-refractivity contribution in [3.05, 3.63) is 53.9 Å². The molecule has 2 nitrogen and oxygen atoms in total. The highest BCUT2D eigenvalue weighted by Crippen LogP contribution is 2.19. The van der Waals surface area contributed by atoms with Gasteiger partial charge in [0.25, 0.3) is 0 Å². The zero-order chi connectivity index (χ0) is 13.9. The van der Waals surface area contributed by atoms with Crippen LogP contribution in [0.25, 0.3) is 21.8 Å². The molecular weight excluding hydrogens is 244 g/mol. The molecule has 0 aliphatic rings. The van der Waals surface area contributed by atoms with Crippen molar-refractivity contribution in [2.75, 3.05) is 0 Å². The van der Waals surface area contributed by atoms with Gasteiger partial charge in [-0.25, -0.2) is 0 Å². The van der Waals surface area contributed by atoms with Gasteiger partial charge in [-0.2, -0.15) is 0 Å². The minimum Gasteiger partial charge on any atom is -0.340 e. The summed E-state index contributed by atoms with van der Waals surface area (Å²) in [6.07, 6.45) is 3.66. The number of nitrogens with zero attached hydrogens (tertiary/aromatic N) is 1. The van der Waals surface area contributed by atoms with E-state index >= 15 is 0 Å². The second-order valence-corrected chi connectivity index (χ2v) is 5.27. The van der Waals surface area contributed by atoms with Crippen LogP contribution in [-0.2, 0) is 6.54 Å². The van der Waals surface area contributed by atoms with E-state index in [1.165, 1.54) is 30.3 Å². The molecule has 1 N–H and O–H groups in total. The van der Waals surface area contributed by atoms with Gasteiger partial charge in [0.2, 0.25) is 0 Å². The molecule has 0 bridgehead atoms. The van der Waals surface area contributed by atoms with Crippen molar-refractivity contribution in [3.63, 3.8) is 0 Å². The van der Waals surface area contributed by atoms with E-state index in [-0.39, 0.29) is 0 Å². The van der Waals surface area contributed by atoms with Crippen molar-refractivity contribution < 1.29 is 0 Å². The number of rotatable bonds is 4. The molecule has 3 aromatic rings. The molecule has 1 heterocycles. The molecule has 0 aliphatic carbocycles. The lowest BCUT2D eigenvalue weighted by Crippen LogP contribution is -2.11. The van der Waals surface area contributed by atoms with Crippen molar-refractivity contribution in [1.29, 1.82) is 5.41 Å². The Labute approximate surface area is 119 Å². The van der Waals surface area contributed by atoms with Crippen LogP contribution in [-0.4, -0.2) is 4.57 Å². The van der Waals surface area contributed by atoms with Crippen LogP contribution < -0.4 is 5.36 Å². The smallest absolute Gasteiger partial charge is 0.0726 e. The summed E-state index contributed by atoms with van der Waals surface area (Å²) in [7, 11) is 0. The molecule has 2 aromatic carbocycles. The summed E-state index contributed by atoms with van der Waals surface area (Å²) in [4.78, 5) is 0. The fraction of sp³-hybridized carbons (Fsp3) is 0.278. The number of para-hydroxylation sites is 2. The quantitative estimate of drug-likeness (QED) is 0.532. The third-order valence-electron chi connectivity index (χ3n) is 3.91. The average Bonchev–Trinajstić information content (AvgIpc) is 2.51. The van der Waals surface area contributed by atoms with Crippen LogP contribution >= 0.6 is 0 Å². The molecule has 0 saturated heterocycles. The SMILES string of the molecule is CCCCCn1c2ccccc2c(=N)c2ccccc21. The monoisotopic (exact) mass is 264 g/mol. The Morgan fingerprint density at radius 1 is 0.850 bits per heavy atom. The van der Waals surface area contributed by atoms with Gasteiger partial charge < -0.3 is 4.57 Å². The highest BCUT2D eigenvalue weighted by Gasteiger charge is 2.07. The molecule has 0 saturated carbocycles. The van der Waals surface area contributed by atoms with Gasteiger partial charge in [0, 0.05) is 17.3 Å². The molecule has 0 amide bonds. The van der Waals surface area contributed by atoms with E-state index < -0.39 is 0 Å². The maximum Gasteiger partial charge on any atom is 0.0726 e. The van der Waals surface area contributed by atoms with Crippen LogP contribution in [0.4, 0.5) is 0 Å². The van der Waals surface area contributed by atoms with E-state index in [9.17, 15) is 0 Å². The first-order valence-electron chi connectivity index (χ1n) is 7.38. The number of hydrogen-bond donors (Lipinski definition) is 1. The fourth-order valence-electron chi connectivity index (χ4n) is 2.88. The van der Waals surface area contributed by atoms with E-state index in [0.29, 0.717) is 5.36 Å². The predicted octanol–water partition coefficient (Wildman–Crippen LogP) is 4.46. The van der Waals surface area contributed by atoms with Gasteiger partial charge in [-0.1, -0.05) is 56.2 Å². The maximum atomic E-state index is 8.43. The summed E-state index contributed by atoms with van der Waals surface area (Å²) < 4.78 is 2.37. The summed E-state index contributed by atoms with van der Waals surface area (Å²) in [5.74, 6) is 0. The van der Waals surface area contributed by atoms with Gasteiger partial charge in [0.1, 0.15) is 0 Å². The second-order valence-electron chi connectivity index (χ2n) is 5.27. The van der Waals surface area contributed by atoms with Gasteiger partial charge in [0.05, 0.1) is 16.4 Å². The number of benzene rings is 2. The Kier molecular flexibility index (Phi) is 3.55. The fourth-order valence-corrected chi connectivity index (χ4v) is 2.88. The predicted molar refractivity (Wildman–Crippen MR) is 84.8 cm³/mol. The molecule has 0 unspecified atom stereocenters. The maximum absolute atomic E-state index is 8.43. The summed E-state index contributed by atoms with van der Waals surface area (Å²) >= 11 is 0. The molecule has 0 radical (unpaired) electrons. The molecule has 0 spiro atoms. The Morgan fingerprint density at radius 2 is 1.40 bits per heavy atom. The normalized spacial score (nSPS) is 11.2. The lowest BCUT2D eigenvalue weighted by molar-refractivity contribution is 0.626. The molecule has 1 aromatic heterocycles. The first-order chi connectivity index (χ1) is 9.83. The van der Waals surface area contributed by atoms with Gasteiger partial charge >= 0.3 is 0 Å². The van der Waals surface area contributed by atoms with Gasteiger partial charge in [-0.3, -0.25) is 5.41 Å². The van der Waals surface area contributed by atoms with Crippen LogP contribution in [0.5, 0.6) is 0 Å². The Balaban J connectivity index is 2.31. The standard InChI is InChI=1S/C18H20N2/c1-2-3-8-13-20-16-11-6-4-9-14(16)18(19)15-10-5-7-12-17(15)20/h4-7,9-12,19H,2-3,8,13H2,1H3. The number of unbranched alkanes of at least 4 members (excludes halogenated alkanes) is 2. The molecule has 0 aliphatic heterocycles. The third-order valence-corrected chi connectivity index (χ3v) is 3.91. The second kappa shape index (κ2) is 5.49. The highest BCUT2D eigenvalue weighted by atomic mass is 15.0. The lowest BCUT2D eigenvalue weighted by Gasteiger charge is -2.15. The van der Waals surface area contributed by atoms with Gasteiger partial charge in [0.15, 0.2) is 0 Å². The zero-order valence-electron chi connectivity index (χ0n) is 11.9. The molecule has 20 heavy (non-hydrogen) atoms. The molecule has 0 fully saturated rings.